The molecule has 1 aromatic carbocycles. The van der Waals surface area contributed by atoms with Crippen molar-refractivity contribution in [1.82, 2.24) is 25.1 Å². The maximum Gasteiger partial charge on any atom is 0.416 e. The Balaban J connectivity index is 1.43. The van der Waals surface area contributed by atoms with Crippen molar-refractivity contribution in [3.05, 3.63) is 41.7 Å². The van der Waals surface area contributed by atoms with Gasteiger partial charge in [0.05, 0.1) is 5.56 Å². The number of benzene rings is 1. The Labute approximate surface area is 151 Å². The van der Waals surface area contributed by atoms with Crippen LogP contribution in [0.1, 0.15) is 36.8 Å². The van der Waals surface area contributed by atoms with Gasteiger partial charge in [-0.05, 0) is 73.2 Å². The van der Waals surface area contributed by atoms with Gasteiger partial charge in [0.25, 0.3) is 0 Å². The zero-order valence-electron chi connectivity index (χ0n) is 14.7. The lowest BCUT2D eigenvalue weighted by Crippen LogP contribution is -2.36. The number of nitrogens with zero attached hydrogens (tertiary/aromatic N) is 5. The molecule has 0 unspecified atom stereocenters. The number of rotatable bonds is 7. The average molecular weight is 367 g/mol. The molecule has 0 spiro atoms. The van der Waals surface area contributed by atoms with Crippen LogP contribution in [0.2, 0.25) is 0 Å². The molecular weight excluding hydrogens is 343 g/mol. The smallest absolute Gasteiger partial charge is 0.303 e. The molecule has 1 aliphatic heterocycles. The molecule has 1 fully saturated rings. The van der Waals surface area contributed by atoms with E-state index in [0.717, 1.165) is 63.5 Å². The minimum atomic E-state index is -4.27. The summed E-state index contributed by atoms with van der Waals surface area (Å²) in [6.07, 6.45) is 2.29. The van der Waals surface area contributed by atoms with Crippen LogP contribution in [0.25, 0.3) is 0 Å². The highest BCUT2D eigenvalue weighted by Crippen LogP contribution is 2.30. The Hall–Kier alpha value is -1.96. The SMILES string of the molecule is FC(F)(F)c1cccc(CC[C@H]2CCCN(CCCn3cnnn3)C2)c1. The van der Waals surface area contributed by atoms with Crippen molar-refractivity contribution >= 4 is 0 Å². The number of alkyl halides is 3. The summed E-state index contributed by atoms with van der Waals surface area (Å²) in [6.45, 7) is 3.92. The normalized spacial score (nSPS) is 19.0. The van der Waals surface area contributed by atoms with E-state index in [1.54, 1.807) is 17.1 Å². The molecule has 26 heavy (non-hydrogen) atoms. The molecule has 142 valence electrons. The highest BCUT2D eigenvalue weighted by atomic mass is 19.4. The number of hydrogen-bond acceptors (Lipinski definition) is 4. The molecule has 0 saturated carbocycles. The second-order valence-corrected chi connectivity index (χ2v) is 6.97. The fourth-order valence-corrected chi connectivity index (χ4v) is 3.60. The molecule has 8 heteroatoms. The van der Waals surface area contributed by atoms with Gasteiger partial charge in [0, 0.05) is 13.1 Å². The van der Waals surface area contributed by atoms with Crippen LogP contribution >= 0.6 is 0 Å². The lowest BCUT2D eigenvalue weighted by molar-refractivity contribution is -0.137. The molecule has 0 aliphatic carbocycles. The molecule has 0 amide bonds. The Bertz CT molecular complexity index is 672. The molecule has 0 bridgehead atoms. The molecule has 0 N–H and O–H groups in total. The van der Waals surface area contributed by atoms with Gasteiger partial charge in [-0.1, -0.05) is 18.2 Å². The van der Waals surface area contributed by atoms with Crippen LogP contribution in [0.4, 0.5) is 13.2 Å². The third-order valence-electron chi connectivity index (χ3n) is 4.95. The van der Waals surface area contributed by atoms with Crippen molar-refractivity contribution in [2.24, 2.45) is 5.92 Å². The van der Waals surface area contributed by atoms with Gasteiger partial charge >= 0.3 is 6.18 Å². The summed E-state index contributed by atoms with van der Waals surface area (Å²) in [5.41, 5.74) is 0.221. The molecule has 1 atom stereocenters. The van der Waals surface area contributed by atoms with Gasteiger partial charge < -0.3 is 4.90 Å². The number of piperidine rings is 1. The number of aromatic nitrogens is 4. The predicted molar refractivity (Wildman–Crippen MR) is 91.4 cm³/mol. The Kier molecular flexibility index (Phi) is 6.24. The van der Waals surface area contributed by atoms with E-state index in [-0.39, 0.29) is 0 Å². The van der Waals surface area contributed by atoms with E-state index in [0.29, 0.717) is 12.3 Å². The van der Waals surface area contributed by atoms with Gasteiger partial charge in [0.2, 0.25) is 0 Å². The van der Waals surface area contributed by atoms with E-state index in [4.69, 9.17) is 0 Å². The third-order valence-corrected chi connectivity index (χ3v) is 4.95. The third kappa shape index (κ3) is 5.52. The first kappa shape index (κ1) is 18.8. The average Bonchev–Trinajstić information content (AvgIpc) is 3.13. The number of hydrogen-bond donors (Lipinski definition) is 0. The van der Waals surface area contributed by atoms with E-state index in [1.165, 1.54) is 12.1 Å². The van der Waals surface area contributed by atoms with Gasteiger partial charge in [0.1, 0.15) is 6.33 Å². The second-order valence-electron chi connectivity index (χ2n) is 6.97. The van der Waals surface area contributed by atoms with Crippen molar-refractivity contribution in [3.63, 3.8) is 0 Å². The zero-order chi connectivity index (χ0) is 18.4. The van der Waals surface area contributed by atoms with Gasteiger partial charge in [0.15, 0.2) is 0 Å². The molecule has 2 heterocycles. The minimum Gasteiger partial charge on any atom is -0.303 e. The van der Waals surface area contributed by atoms with E-state index in [1.807, 2.05) is 0 Å². The molecular formula is C18H24F3N5. The highest BCUT2D eigenvalue weighted by Gasteiger charge is 2.30. The van der Waals surface area contributed by atoms with Crippen LogP contribution in [0.3, 0.4) is 0 Å². The van der Waals surface area contributed by atoms with Gasteiger partial charge in [-0.2, -0.15) is 13.2 Å². The number of likely N-dealkylation sites (tertiary alicyclic amines) is 1. The first-order chi connectivity index (χ1) is 12.5. The number of tetrazole rings is 1. The monoisotopic (exact) mass is 367 g/mol. The summed E-state index contributed by atoms with van der Waals surface area (Å²) in [4.78, 5) is 2.45. The van der Waals surface area contributed by atoms with Crippen molar-refractivity contribution in [2.75, 3.05) is 19.6 Å². The van der Waals surface area contributed by atoms with E-state index < -0.39 is 11.7 Å². The predicted octanol–water partition coefficient (Wildman–Crippen LogP) is 3.43. The molecule has 2 aromatic rings. The van der Waals surface area contributed by atoms with Crippen LogP contribution in [-0.4, -0.2) is 44.7 Å². The summed E-state index contributed by atoms with van der Waals surface area (Å²) >= 11 is 0. The van der Waals surface area contributed by atoms with Gasteiger partial charge in [-0.25, -0.2) is 4.68 Å². The first-order valence-electron chi connectivity index (χ1n) is 9.10. The fraction of sp³-hybridized carbons (Fsp3) is 0.611. The molecule has 5 nitrogen and oxygen atoms in total. The molecule has 1 aromatic heterocycles. The summed E-state index contributed by atoms with van der Waals surface area (Å²) in [5.74, 6) is 0.548. The van der Waals surface area contributed by atoms with Crippen LogP contribution in [0, 0.1) is 5.92 Å². The summed E-state index contributed by atoms with van der Waals surface area (Å²) in [5, 5.41) is 11.1. The van der Waals surface area contributed by atoms with Crippen molar-refractivity contribution < 1.29 is 13.2 Å². The number of aryl methyl sites for hydroxylation is 2. The second kappa shape index (κ2) is 8.62. The van der Waals surface area contributed by atoms with Crippen molar-refractivity contribution in [1.29, 1.82) is 0 Å². The Morgan fingerprint density at radius 2 is 2.08 bits per heavy atom. The fourth-order valence-electron chi connectivity index (χ4n) is 3.60. The lowest BCUT2D eigenvalue weighted by atomic mass is 9.91. The van der Waals surface area contributed by atoms with Crippen LogP contribution in [0.5, 0.6) is 0 Å². The molecule has 0 radical (unpaired) electrons. The topological polar surface area (TPSA) is 46.8 Å². The van der Waals surface area contributed by atoms with Crippen LogP contribution in [-0.2, 0) is 19.1 Å². The minimum absolute atomic E-state index is 0.548. The van der Waals surface area contributed by atoms with E-state index >= 15 is 0 Å². The van der Waals surface area contributed by atoms with Crippen LogP contribution in [0.15, 0.2) is 30.6 Å². The standard InChI is InChI=1S/C18H24F3N5/c19-18(20,21)17-6-1-4-15(12-17)7-8-16-5-2-9-25(13-16)10-3-11-26-14-22-23-24-26/h1,4,6,12,14,16H,2-3,5,7-11,13H2/t16-/m1/s1. The quantitative estimate of drug-likeness (QED) is 0.752. The maximum absolute atomic E-state index is 12.8. The summed E-state index contributed by atoms with van der Waals surface area (Å²) in [6, 6.07) is 5.72. The number of halogens is 3. The highest BCUT2D eigenvalue weighted by molar-refractivity contribution is 5.25. The molecule has 3 rings (SSSR count). The van der Waals surface area contributed by atoms with E-state index in [2.05, 4.69) is 20.4 Å². The summed E-state index contributed by atoms with van der Waals surface area (Å²) < 4.78 is 40.2. The maximum atomic E-state index is 12.8. The summed E-state index contributed by atoms with van der Waals surface area (Å²) in [7, 11) is 0. The largest absolute Gasteiger partial charge is 0.416 e. The Morgan fingerprint density at radius 1 is 1.19 bits per heavy atom. The van der Waals surface area contributed by atoms with Gasteiger partial charge in [-0.3, -0.25) is 0 Å². The van der Waals surface area contributed by atoms with Crippen molar-refractivity contribution in [2.45, 2.75) is 44.8 Å². The molecule has 1 aliphatic rings. The van der Waals surface area contributed by atoms with Crippen LogP contribution < -0.4 is 0 Å². The lowest BCUT2D eigenvalue weighted by Gasteiger charge is -2.32. The molecule has 1 saturated heterocycles. The first-order valence-corrected chi connectivity index (χ1v) is 9.10. The van der Waals surface area contributed by atoms with Crippen molar-refractivity contribution in [3.8, 4) is 0 Å². The van der Waals surface area contributed by atoms with E-state index in [9.17, 15) is 13.2 Å². The van der Waals surface area contributed by atoms with Gasteiger partial charge in [-0.15, -0.1) is 5.10 Å². The zero-order valence-corrected chi connectivity index (χ0v) is 14.7. The Morgan fingerprint density at radius 3 is 2.85 bits per heavy atom.